The topological polar surface area (TPSA) is 75.6 Å². The Morgan fingerprint density at radius 3 is 2.96 bits per heavy atom. The van der Waals surface area contributed by atoms with Crippen LogP contribution in [0.2, 0.25) is 0 Å². The molecule has 1 aliphatic rings. The SMILES string of the molecule is Cc1cnc(CN(C)C2CCN(c3nccn4c(C)nnc34)C2)o1. The van der Waals surface area contributed by atoms with Gasteiger partial charge in [-0.3, -0.25) is 9.30 Å². The zero-order valence-corrected chi connectivity index (χ0v) is 14.2. The van der Waals surface area contributed by atoms with Gasteiger partial charge in [-0.25, -0.2) is 9.97 Å². The average molecular weight is 327 g/mol. The minimum atomic E-state index is 0.434. The molecule has 0 saturated carbocycles. The molecular formula is C16H21N7O. The summed E-state index contributed by atoms with van der Waals surface area (Å²) in [6.07, 6.45) is 6.55. The van der Waals surface area contributed by atoms with E-state index in [0.29, 0.717) is 12.6 Å². The fraction of sp³-hybridized carbons (Fsp3) is 0.500. The molecule has 4 rings (SSSR count). The Hall–Kier alpha value is -2.48. The summed E-state index contributed by atoms with van der Waals surface area (Å²) in [4.78, 5) is 13.4. The van der Waals surface area contributed by atoms with E-state index in [4.69, 9.17) is 4.42 Å². The summed E-state index contributed by atoms with van der Waals surface area (Å²) >= 11 is 0. The first kappa shape index (κ1) is 15.1. The highest BCUT2D eigenvalue weighted by Gasteiger charge is 2.29. The van der Waals surface area contributed by atoms with Crippen LogP contribution < -0.4 is 4.90 Å². The van der Waals surface area contributed by atoms with Crippen LogP contribution >= 0.6 is 0 Å². The van der Waals surface area contributed by atoms with E-state index in [0.717, 1.165) is 48.5 Å². The number of likely N-dealkylation sites (N-methyl/N-ethyl adjacent to an activating group) is 1. The van der Waals surface area contributed by atoms with Gasteiger partial charge in [0, 0.05) is 31.5 Å². The third-order valence-electron chi connectivity index (χ3n) is 4.62. The monoisotopic (exact) mass is 327 g/mol. The molecule has 0 aromatic carbocycles. The molecule has 8 heteroatoms. The van der Waals surface area contributed by atoms with Crippen molar-refractivity contribution in [3.63, 3.8) is 0 Å². The van der Waals surface area contributed by atoms with Crippen molar-refractivity contribution in [2.24, 2.45) is 0 Å². The Bertz CT molecular complexity index is 855. The molecule has 8 nitrogen and oxygen atoms in total. The largest absolute Gasteiger partial charge is 0.445 e. The Morgan fingerprint density at radius 2 is 2.17 bits per heavy atom. The highest BCUT2D eigenvalue weighted by molar-refractivity contribution is 5.64. The first-order valence-electron chi connectivity index (χ1n) is 8.14. The van der Waals surface area contributed by atoms with Crippen molar-refractivity contribution in [3.8, 4) is 0 Å². The molecule has 1 unspecified atom stereocenters. The van der Waals surface area contributed by atoms with Crippen molar-refractivity contribution in [3.05, 3.63) is 36.1 Å². The van der Waals surface area contributed by atoms with Crippen molar-refractivity contribution in [1.82, 2.24) is 29.5 Å². The fourth-order valence-electron chi connectivity index (χ4n) is 3.26. The van der Waals surface area contributed by atoms with E-state index in [2.05, 4.69) is 37.0 Å². The Morgan fingerprint density at radius 1 is 1.29 bits per heavy atom. The molecule has 1 aliphatic heterocycles. The molecule has 1 saturated heterocycles. The lowest BCUT2D eigenvalue weighted by Crippen LogP contribution is -2.34. The quantitative estimate of drug-likeness (QED) is 0.717. The van der Waals surface area contributed by atoms with Gasteiger partial charge in [0.15, 0.2) is 5.82 Å². The number of hydrogen-bond acceptors (Lipinski definition) is 7. The van der Waals surface area contributed by atoms with Gasteiger partial charge in [-0.15, -0.1) is 10.2 Å². The van der Waals surface area contributed by atoms with Gasteiger partial charge < -0.3 is 9.32 Å². The predicted octanol–water partition coefficient (Wildman–Crippen LogP) is 1.44. The summed E-state index contributed by atoms with van der Waals surface area (Å²) in [6, 6.07) is 0.434. The minimum Gasteiger partial charge on any atom is -0.445 e. The van der Waals surface area contributed by atoms with E-state index in [1.165, 1.54) is 0 Å². The molecule has 126 valence electrons. The maximum atomic E-state index is 5.59. The lowest BCUT2D eigenvalue weighted by molar-refractivity contribution is 0.225. The average Bonchev–Trinajstić information content (AvgIpc) is 3.28. The zero-order valence-electron chi connectivity index (χ0n) is 14.2. The number of fused-ring (bicyclic) bond motifs is 1. The Balaban J connectivity index is 1.49. The van der Waals surface area contributed by atoms with E-state index in [1.54, 1.807) is 6.20 Å². The Kier molecular flexibility index (Phi) is 3.68. The standard InChI is InChI=1S/C16H21N7O/c1-11-8-18-14(24-11)10-21(3)13-4-6-22(9-13)15-16-20-19-12(2)23(16)7-5-17-15/h5,7-8,13H,4,6,9-10H2,1-3H3. The third-order valence-corrected chi connectivity index (χ3v) is 4.62. The van der Waals surface area contributed by atoms with Gasteiger partial charge in [0.2, 0.25) is 11.5 Å². The van der Waals surface area contributed by atoms with Crippen LogP contribution in [0.4, 0.5) is 5.82 Å². The van der Waals surface area contributed by atoms with Crippen molar-refractivity contribution >= 4 is 11.5 Å². The van der Waals surface area contributed by atoms with Crippen molar-refractivity contribution < 1.29 is 4.42 Å². The second kappa shape index (κ2) is 5.86. The highest BCUT2D eigenvalue weighted by Crippen LogP contribution is 2.24. The van der Waals surface area contributed by atoms with E-state index >= 15 is 0 Å². The number of hydrogen-bond donors (Lipinski definition) is 0. The van der Waals surface area contributed by atoms with E-state index < -0.39 is 0 Å². The van der Waals surface area contributed by atoms with Crippen LogP contribution in [0.3, 0.4) is 0 Å². The summed E-state index contributed by atoms with van der Waals surface area (Å²) in [5.41, 5.74) is 0.821. The van der Waals surface area contributed by atoms with Gasteiger partial charge in [0.05, 0.1) is 12.7 Å². The number of oxazole rings is 1. The maximum absolute atomic E-state index is 5.59. The van der Waals surface area contributed by atoms with Crippen LogP contribution in [0, 0.1) is 13.8 Å². The lowest BCUT2D eigenvalue weighted by Gasteiger charge is -2.23. The van der Waals surface area contributed by atoms with Crippen molar-refractivity contribution in [1.29, 1.82) is 0 Å². The van der Waals surface area contributed by atoms with Crippen LogP contribution in [0.5, 0.6) is 0 Å². The number of nitrogens with zero attached hydrogens (tertiary/aromatic N) is 7. The second-order valence-electron chi connectivity index (χ2n) is 6.36. The van der Waals surface area contributed by atoms with E-state index in [9.17, 15) is 0 Å². The summed E-state index contributed by atoms with van der Waals surface area (Å²) in [5.74, 6) is 3.40. The molecule has 1 atom stereocenters. The first-order chi connectivity index (χ1) is 11.6. The molecule has 0 amide bonds. The number of aromatic nitrogens is 5. The van der Waals surface area contributed by atoms with Crippen LogP contribution in [0.25, 0.3) is 5.65 Å². The summed E-state index contributed by atoms with van der Waals surface area (Å²) in [7, 11) is 2.11. The predicted molar refractivity (Wildman–Crippen MR) is 88.8 cm³/mol. The molecule has 1 fully saturated rings. The van der Waals surface area contributed by atoms with E-state index in [1.807, 2.05) is 30.6 Å². The Labute approximate surface area is 140 Å². The molecule has 0 radical (unpaired) electrons. The minimum absolute atomic E-state index is 0.434. The third kappa shape index (κ3) is 2.62. The zero-order chi connectivity index (χ0) is 16.7. The van der Waals surface area contributed by atoms with Crippen molar-refractivity contribution in [2.75, 3.05) is 25.0 Å². The first-order valence-corrected chi connectivity index (χ1v) is 8.14. The van der Waals surface area contributed by atoms with E-state index in [-0.39, 0.29) is 0 Å². The molecule has 0 aliphatic carbocycles. The highest BCUT2D eigenvalue weighted by atomic mass is 16.4. The van der Waals surface area contributed by atoms with Gasteiger partial charge in [-0.05, 0) is 27.3 Å². The normalized spacial score (nSPS) is 18.2. The fourth-order valence-corrected chi connectivity index (χ4v) is 3.26. The molecule has 3 aromatic rings. The molecule has 0 N–H and O–H groups in total. The van der Waals surface area contributed by atoms with Crippen molar-refractivity contribution in [2.45, 2.75) is 32.9 Å². The molecule has 0 bridgehead atoms. The molecule has 0 spiro atoms. The van der Waals surface area contributed by atoms with Crippen LogP contribution in [-0.2, 0) is 6.54 Å². The molecule has 24 heavy (non-hydrogen) atoms. The molecule has 3 aromatic heterocycles. The molecular weight excluding hydrogens is 306 g/mol. The lowest BCUT2D eigenvalue weighted by atomic mass is 10.2. The number of anilines is 1. The summed E-state index contributed by atoms with van der Waals surface area (Å²) in [6.45, 7) is 6.45. The van der Waals surface area contributed by atoms with Gasteiger partial charge in [0.25, 0.3) is 0 Å². The second-order valence-corrected chi connectivity index (χ2v) is 6.36. The number of rotatable bonds is 4. The van der Waals surface area contributed by atoms with Crippen LogP contribution in [0.1, 0.15) is 23.9 Å². The van der Waals surface area contributed by atoms with Gasteiger partial charge in [-0.2, -0.15) is 0 Å². The summed E-state index contributed by atoms with van der Waals surface area (Å²) in [5, 5.41) is 8.43. The number of aryl methyl sites for hydroxylation is 2. The van der Waals surface area contributed by atoms with Gasteiger partial charge in [-0.1, -0.05) is 0 Å². The summed E-state index contributed by atoms with van der Waals surface area (Å²) < 4.78 is 7.57. The smallest absolute Gasteiger partial charge is 0.208 e. The maximum Gasteiger partial charge on any atom is 0.208 e. The van der Waals surface area contributed by atoms with Crippen LogP contribution in [-0.4, -0.2) is 55.6 Å². The van der Waals surface area contributed by atoms with Crippen LogP contribution in [0.15, 0.2) is 23.0 Å². The molecule has 4 heterocycles. The van der Waals surface area contributed by atoms with Gasteiger partial charge in [0.1, 0.15) is 11.6 Å². The van der Waals surface area contributed by atoms with Gasteiger partial charge >= 0.3 is 0 Å².